The molecule has 3 rings (SSSR count). The Morgan fingerprint density at radius 2 is 2.13 bits per heavy atom. The van der Waals surface area contributed by atoms with Crippen LogP contribution < -0.4 is 19.5 Å². The zero-order valence-corrected chi connectivity index (χ0v) is 12.7. The molecule has 0 fully saturated rings. The third-order valence-electron chi connectivity index (χ3n) is 3.65. The van der Waals surface area contributed by atoms with Crippen molar-refractivity contribution in [3.05, 3.63) is 53.3 Å². The maximum Gasteiger partial charge on any atom is 0.231 e. The molecule has 2 aromatic carbocycles. The molecule has 0 bridgehead atoms. The first-order valence-corrected chi connectivity index (χ1v) is 7.28. The maximum absolute atomic E-state index is 13.6. The van der Waals surface area contributed by atoms with Crippen molar-refractivity contribution in [3.8, 4) is 17.2 Å². The van der Waals surface area contributed by atoms with Crippen molar-refractivity contribution in [1.29, 1.82) is 0 Å². The highest BCUT2D eigenvalue weighted by Gasteiger charge is 2.20. The van der Waals surface area contributed by atoms with Gasteiger partial charge in [0, 0.05) is 18.7 Å². The molecule has 23 heavy (non-hydrogen) atoms. The number of hydrogen-bond donors (Lipinski definition) is 2. The van der Waals surface area contributed by atoms with E-state index in [0.717, 1.165) is 5.56 Å². The number of rotatable bonds is 6. The van der Waals surface area contributed by atoms with Crippen LogP contribution >= 0.6 is 0 Å². The van der Waals surface area contributed by atoms with Gasteiger partial charge in [0.15, 0.2) is 11.5 Å². The molecule has 5 nitrogen and oxygen atoms in total. The Balaban J connectivity index is 1.62. The average Bonchev–Trinajstić information content (AvgIpc) is 3.03. The molecule has 2 N–H and O–H groups in total. The highest BCUT2D eigenvalue weighted by atomic mass is 19.1. The molecule has 0 radical (unpaired) electrons. The Morgan fingerprint density at radius 3 is 2.91 bits per heavy atom. The van der Waals surface area contributed by atoms with Crippen LogP contribution in [-0.2, 0) is 6.54 Å². The molecular formula is C17H18FNO4. The average molecular weight is 319 g/mol. The Kier molecular flexibility index (Phi) is 4.64. The van der Waals surface area contributed by atoms with Gasteiger partial charge in [0.25, 0.3) is 0 Å². The van der Waals surface area contributed by atoms with Crippen LogP contribution in [0.15, 0.2) is 36.4 Å². The fourth-order valence-electron chi connectivity index (χ4n) is 2.49. The van der Waals surface area contributed by atoms with Gasteiger partial charge in [0.1, 0.15) is 5.82 Å². The van der Waals surface area contributed by atoms with Gasteiger partial charge in [-0.15, -0.1) is 0 Å². The lowest BCUT2D eigenvalue weighted by Gasteiger charge is -2.14. The summed E-state index contributed by atoms with van der Waals surface area (Å²) in [5.41, 5.74) is 1.20. The molecule has 0 amide bonds. The van der Waals surface area contributed by atoms with E-state index in [2.05, 4.69) is 5.32 Å². The highest BCUT2D eigenvalue weighted by Crippen LogP contribution is 2.41. The molecule has 0 spiro atoms. The largest absolute Gasteiger partial charge is 0.493 e. The molecule has 0 saturated carbocycles. The molecule has 6 heteroatoms. The number of ether oxygens (including phenoxy) is 3. The summed E-state index contributed by atoms with van der Waals surface area (Å²) < 4.78 is 29.6. The number of methoxy groups -OCH3 is 1. The zero-order chi connectivity index (χ0) is 16.2. The second-order valence-electron chi connectivity index (χ2n) is 5.20. The van der Waals surface area contributed by atoms with Crippen molar-refractivity contribution in [2.45, 2.75) is 12.6 Å². The number of hydrogen-bond acceptors (Lipinski definition) is 5. The summed E-state index contributed by atoms with van der Waals surface area (Å²) in [6.07, 6.45) is -0.910. The van der Waals surface area contributed by atoms with Gasteiger partial charge in [-0.05, 0) is 23.8 Å². The van der Waals surface area contributed by atoms with Crippen molar-refractivity contribution in [1.82, 2.24) is 5.32 Å². The van der Waals surface area contributed by atoms with Crippen LogP contribution in [0.5, 0.6) is 17.2 Å². The quantitative estimate of drug-likeness (QED) is 0.856. The summed E-state index contributed by atoms with van der Waals surface area (Å²) in [7, 11) is 1.57. The Hall–Kier alpha value is -2.31. The van der Waals surface area contributed by atoms with E-state index in [4.69, 9.17) is 14.2 Å². The third-order valence-corrected chi connectivity index (χ3v) is 3.65. The van der Waals surface area contributed by atoms with E-state index >= 15 is 0 Å². The SMILES string of the molecule is COc1cc(CNC[C@@H](O)c2ccccc2F)cc2c1OCO2. The van der Waals surface area contributed by atoms with Gasteiger partial charge in [-0.25, -0.2) is 4.39 Å². The minimum absolute atomic E-state index is 0.175. The van der Waals surface area contributed by atoms with E-state index in [-0.39, 0.29) is 18.9 Å². The first kappa shape index (κ1) is 15.6. The number of aliphatic hydroxyl groups excluding tert-OH is 1. The van der Waals surface area contributed by atoms with Crippen LogP contribution in [0.2, 0.25) is 0 Å². The van der Waals surface area contributed by atoms with E-state index in [9.17, 15) is 9.50 Å². The van der Waals surface area contributed by atoms with E-state index in [0.29, 0.717) is 23.8 Å². The Labute approximate surface area is 133 Å². The fourth-order valence-corrected chi connectivity index (χ4v) is 2.49. The maximum atomic E-state index is 13.6. The normalized spacial score (nSPS) is 13.9. The molecule has 0 aromatic heterocycles. The molecule has 1 aliphatic heterocycles. The molecular weight excluding hydrogens is 301 g/mol. The summed E-state index contributed by atoms with van der Waals surface area (Å²) in [4.78, 5) is 0. The predicted molar refractivity (Wildman–Crippen MR) is 82.2 cm³/mol. The van der Waals surface area contributed by atoms with Gasteiger partial charge < -0.3 is 24.6 Å². The van der Waals surface area contributed by atoms with E-state index < -0.39 is 11.9 Å². The first-order valence-electron chi connectivity index (χ1n) is 7.28. The van der Waals surface area contributed by atoms with Crippen molar-refractivity contribution < 1.29 is 23.7 Å². The van der Waals surface area contributed by atoms with Gasteiger partial charge in [0.05, 0.1) is 13.2 Å². The number of aliphatic hydroxyl groups is 1. The van der Waals surface area contributed by atoms with Crippen molar-refractivity contribution in [2.75, 3.05) is 20.4 Å². The summed E-state index contributed by atoms with van der Waals surface area (Å²) in [6.45, 7) is 0.894. The van der Waals surface area contributed by atoms with Gasteiger partial charge in [-0.3, -0.25) is 0 Å². The lowest BCUT2D eigenvalue weighted by atomic mass is 10.1. The van der Waals surface area contributed by atoms with Gasteiger partial charge in [-0.1, -0.05) is 18.2 Å². The van der Waals surface area contributed by atoms with Gasteiger partial charge in [-0.2, -0.15) is 0 Å². The molecule has 122 valence electrons. The van der Waals surface area contributed by atoms with E-state index in [1.807, 2.05) is 12.1 Å². The number of fused-ring (bicyclic) bond motifs is 1. The molecule has 2 aromatic rings. The van der Waals surface area contributed by atoms with Crippen LogP contribution in [0, 0.1) is 5.82 Å². The molecule has 1 atom stereocenters. The lowest BCUT2D eigenvalue weighted by molar-refractivity contribution is 0.169. The standard InChI is InChI=1S/C17H18FNO4/c1-21-15-6-11(7-16-17(15)23-10-22-16)8-19-9-14(20)12-4-2-3-5-13(12)18/h2-7,14,19-20H,8-10H2,1H3/t14-/m1/s1. The van der Waals surface area contributed by atoms with Crippen LogP contribution in [0.3, 0.4) is 0 Å². The van der Waals surface area contributed by atoms with Crippen LogP contribution in [0.25, 0.3) is 0 Å². The minimum Gasteiger partial charge on any atom is -0.493 e. The second-order valence-corrected chi connectivity index (χ2v) is 5.20. The topological polar surface area (TPSA) is 60.0 Å². The summed E-state index contributed by atoms with van der Waals surface area (Å²) in [5.74, 6) is 1.43. The van der Waals surface area contributed by atoms with Crippen LogP contribution in [-0.4, -0.2) is 25.6 Å². The summed E-state index contributed by atoms with van der Waals surface area (Å²) >= 11 is 0. The Morgan fingerprint density at radius 1 is 1.30 bits per heavy atom. The molecule has 0 saturated heterocycles. The number of benzene rings is 2. The van der Waals surface area contributed by atoms with Crippen LogP contribution in [0.1, 0.15) is 17.2 Å². The van der Waals surface area contributed by atoms with E-state index in [1.165, 1.54) is 6.07 Å². The van der Waals surface area contributed by atoms with Crippen molar-refractivity contribution >= 4 is 0 Å². The van der Waals surface area contributed by atoms with Gasteiger partial charge in [0.2, 0.25) is 12.5 Å². The molecule has 0 aliphatic carbocycles. The second kappa shape index (κ2) is 6.85. The summed E-state index contributed by atoms with van der Waals surface area (Å²) in [6, 6.07) is 9.90. The van der Waals surface area contributed by atoms with Crippen molar-refractivity contribution in [3.63, 3.8) is 0 Å². The molecule has 0 unspecified atom stereocenters. The van der Waals surface area contributed by atoms with Crippen LogP contribution in [0.4, 0.5) is 4.39 Å². The first-order chi connectivity index (χ1) is 11.2. The third kappa shape index (κ3) is 3.38. The predicted octanol–water partition coefficient (Wildman–Crippen LogP) is 2.39. The Bertz CT molecular complexity index is 692. The minimum atomic E-state index is -0.910. The number of nitrogens with one attached hydrogen (secondary N) is 1. The zero-order valence-electron chi connectivity index (χ0n) is 12.7. The molecule has 1 heterocycles. The monoisotopic (exact) mass is 319 g/mol. The summed E-state index contributed by atoms with van der Waals surface area (Å²) in [5, 5.41) is 13.2. The number of halogens is 1. The smallest absolute Gasteiger partial charge is 0.231 e. The fraction of sp³-hybridized carbons (Fsp3) is 0.294. The highest BCUT2D eigenvalue weighted by molar-refractivity contribution is 5.55. The molecule has 1 aliphatic rings. The van der Waals surface area contributed by atoms with E-state index in [1.54, 1.807) is 25.3 Å². The van der Waals surface area contributed by atoms with Gasteiger partial charge >= 0.3 is 0 Å². The lowest BCUT2D eigenvalue weighted by Crippen LogP contribution is -2.21. The van der Waals surface area contributed by atoms with Crippen molar-refractivity contribution in [2.24, 2.45) is 0 Å².